The molecule has 1 aliphatic carbocycles. The fourth-order valence-corrected chi connectivity index (χ4v) is 5.26. The van der Waals surface area contributed by atoms with Crippen molar-refractivity contribution >= 4 is 5.91 Å². The zero-order valence-electron chi connectivity index (χ0n) is 21.2. The van der Waals surface area contributed by atoms with Gasteiger partial charge in [0.1, 0.15) is 18.0 Å². The number of hydrogen-bond acceptors (Lipinski definition) is 5. The number of carbonyl (C=O) groups excluding carboxylic acids is 1. The normalized spacial score (nSPS) is 21.7. The first-order valence-electron chi connectivity index (χ1n) is 12.8. The summed E-state index contributed by atoms with van der Waals surface area (Å²) in [4.78, 5) is 18.4. The monoisotopic (exact) mass is 499 g/mol. The van der Waals surface area contributed by atoms with Gasteiger partial charge in [0.15, 0.2) is 0 Å². The Labute approximate surface area is 217 Å². The van der Waals surface area contributed by atoms with Gasteiger partial charge in [-0.1, -0.05) is 48.2 Å². The number of imidazole rings is 1. The number of nitrogens with zero attached hydrogens (tertiary/aromatic N) is 3. The van der Waals surface area contributed by atoms with E-state index >= 15 is 0 Å². The van der Waals surface area contributed by atoms with Crippen molar-refractivity contribution in [1.82, 2.24) is 14.5 Å². The number of β-amino-alcohol motifs (C(OH)–C–C–N with tert-alkyl or cyclic N) is 1. The van der Waals surface area contributed by atoms with Crippen LogP contribution in [0.5, 0.6) is 0 Å². The van der Waals surface area contributed by atoms with Gasteiger partial charge < -0.3 is 24.8 Å². The Kier molecular flexibility index (Phi) is 6.91. The molecule has 2 fully saturated rings. The van der Waals surface area contributed by atoms with E-state index in [1.807, 2.05) is 24.3 Å². The molecule has 7 heteroatoms. The Morgan fingerprint density at radius 3 is 2.30 bits per heavy atom. The first-order valence-corrected chi connectivity index (χ1v) is 12.8. The third kappa shape index (κ3) is 5.33. The van der Waals surface area contributed by atoms with Crippen molar-refractivity contribution in [2.24, 2.45) is 5.92 Å². The maximum atomic E-state index is 12.5. The molecule has 0 radical (unpaired) electrons. The summed E-state index contributed by atoms with van der Waals surface area (Å²) < 4.78 is 1.70. The molecule has 0 bridgehead atoms. The van der Waals surface area contributed by atoms with E-state index < -0.39 is 17.7 Å². The molecule has 1 aromatic heterocycles. The van der Waals surface area contributed by atoms with E-state index in [1.54, 1.807) is 35.7 Å². The van der Waals surface area contributed by atoms with Crippen LogP contribution in [0.3, 0.4) is 0 Å². The topological polar surface area (TPSA) is 98.8 Å². The lowest BCUT2D eigenvalue weighted by Gasteiger charge is -2.47. The van der Waals surface area contributed by atoms with Crippen LogP contribution < -0.4 is 0 Å². The number of benzene rings is 2. The zero-order chi connectivity index (χ0) is 26.2. The third-order valence-corrected chi connectivity index (χ3v) is 7.43. The molecule has 192 valence electrons. The maximum Gasteiger partial charge on any atom is 0.225 e. The molecule has 1 saturated carbocycles. The van der Waals surface area contributed by atoms with Crippen LogP contribution in [0.15, 0.2) is 60.9 Å². The van der Waals surface area contributed by atoms with Crippen LogP contribution in [-0.4, -0.2) is 61.0 Å². The van der Waals surface area contributed by atoms with Crippen LogP contribution in [0.25, 0.3) is 11.1 Å². The quantitative estimate of drug-likeness (QED) is 0.452. The van der Waals surface area contributed by atoms with Gasteiger partial charge in [-0.05, 0) is 61.4 Å². The Morgan fingerprint density at radius 2 is 1.73 bits per heavy atom. The summed E-state index contributed by atoms with van der Waals surface area (Å²) in [5.74, 6) is 7.34. The van der Waals surface area contributed by atoms with E-state index in [0.29, 0.717) is 24.8 Å². The van der Waals surface area contributed by atoms with Gasteiger partial charge in [0.25, 0.3) is 0 Å². The molecule has 5 rings (SSSR count). The predicted molar refractivity (Wildman–Crippen MR) is 140 cm³/mol. The van der Waals surface area contributed by atoms with Crippen molar-refractivity contribution in [3.63, 3.8) is 0 Å². The highest BCUT2D eigenvalue weighted by Gasteiger charge is 2.45. The fourth-order valence-electron chi connectivity index (χ4n) is 5.26. The third-order valence-electron chi connectivity index (χ3n) is 7.43. The molecule has 0 spiro atoms. The predicted octanol–water partition coefficient (Wildman–Crippen LogP) is 3.28. The maximum absolute atomic E-state index is 12.5. The smallest absolute Gasteiger partial charge is 0.225 e. The fraction of sp³-hybridized carbons (Fsp3) is 0.400. The summed E-state index contributed by atoms with van der Waals surface area (Å²) in [5, 5.41) is 29.5. The molecule has 1 amide bonds. The van der Waals surface area contributed by atoms with Gasteiger partial charge in [-0.3, -0.25) is 4.79 Å². The molecule has 3 aromatic rings. The molecule has 37 heavy (non-hydrogen) atoms. The lowest BCUT2D eigenvalue weighted by atomic mass is 9.70. The number of hydrogen-bond donors (Lipinski definition) is 3. The van der Waals surface area contributed by atoms with E-state index in [2.05, 4.69) is 41.1 Å². The molecule has 2 heterocycles. The average Bonchev–Trinajstić information content (AvgIpc) is 3.33. The van der Waals surface area contributed by atoms with Crippen LogP contribution in [0.4, 0.5) is 0 Å². The Bertz CT molecular complexity index is 1300. The number of amides is 1. The van der Waals surface area contributed by atoms with Crippen molar-refractivity contribution in [3.05, 3.63) is 77.9 Å². The van der Waals surface area contributed by atoms with Crippen molar-refractivity contribution in [2.45, 2.75) is 50.4 Å². The second-order valence-corrected chi connectivity index (χ2v) is 10.6. The van der Waals surface area contributed by atoms with E-state index in [-0.39, 0.29) is 18.4 Å². The minimum absolute atomic E-state index is 0.0762. The largest absolute Gasteiger partial charge is 0.393 e. The molecule has 7 nitrogen and oxygen atoms in total. The van der Waals surface area contributed by atoms with Gasteiger partial charge in [0.05, 0.1) is 25.3 Å². The Balaban J connectivity index is 1.18. The van der Waals surface area contributed by atoms with Crippen LogP contribution in [0, 0.1) is 17.8 Å². The van der Waals surface area contributed by atoms with Crippen molar-refractivity contribution in [3.8, 4) is 23.0 Å². The number of aliphatic hydroxyl groups excluding tert-OH is 2. The number of likely N-dealkylation sites (tertiary alicyclic amines) is 1. The first kappa shape index (κ1) is 25.2. The van der Waals surface area contributed by atoms with E-state index in [4.69, 9.17) is 0 Å². The summed E-state index contributed by atoms with van der Waals surface area (Å²) in [6.07, 6.45) is 4.31. The van der Waals surface area contributed by atoms with Gasteiger partial charge >= 0.3 is 0 Å². The van der Waals surface area contributed by atoms with Gasteiger partial charge in [0, 0.05) is 23.9 Å². The minimum atomic E-state index is -0.742. The summed E-state index contributed by atoms with van der Waals surface area (Å²) in [6, 6.07) is 16.1. The van der Waals surface area contributed by atoms with Crippen LogP contribution in [0.1, 0.15) is 61.7 Å². The minimum Gasteiger partial charge on any atom is -0.393 e. The second-order valence-electron chi connectivity index (χ2n) is 10.6. The highest BCUT2D eigenvalue weighted by Crippen LogP contribution is 2.43. The van der Waals surface area contributed by atoms with Crippen molar-refractivity contribution < 1.29 is 20.1 Å². The van der Waals surface area contributed by atoms with Gasteiger partial charge in [-0.25, -0.2) is 4.98 Å². The molecule has 2 aromatic carbocycles. The van der Waals surface area contributed by atoms with Gasteiger partial charge in [0.2, 0.25) is 5.91 Å². The SMILES string of the molecule is C[C@H](O)c1nccn1[C@@H](C#Cc1ccc(-c2ccc(C3CC(C(=O)N4CC(C)(O)C4)C3)cc2)cc1)CO. The molecule has 2 aliphatic rings. The van der Waals surface area contributed by atoms with E-state index in [1.165, 1.54) is 5.56 Å². The lowest BCUT2D eigenvalue weighted by molar-refractivity contribution is -0.159. The Morgan fingerprint density at radius 1 is 1.11 bits per heavy atom. The Hall–Kier alpha value is -3.44. The lowest BCUT2D eigenvalue weighted by Crippen LogP contribution is -2.63. The molecule has 3 N–H and O–H groups in total. The molecule has 0 unspecified atom stereocenters. The summed E-state index contributed by atoms with van der Waals surface area (Å²) >= 11 is 0. The average molecular weight is 500 g/mol. The van der Waals surface area contributed by atoms with Gasteiger partial charge in [-0.15, -0.1) is 0 Å². The molecular formula is C30H33N3O4. The molecular weight excluding hydrogens is 466 g/mol. The highest BCUT2D eigenvalue weighted by molar-refractivity contribution is 5.81. The molecule has 1 saturated heterocycles. The van der Waals surface area contributed by atoms with Crippen molar-refractivity contribution in [1.29, 1.82) is 0 Å². The summed E-state index contributed by atoms with van der Waals surface area (Å²) in [7, 11) is 0. The zero-order valence-corrected chi connectivity index (χ0v) is 21.2. The number of rotatable bonds is 6. The number of aliphatic hydroxyl groups is 3. The number of aromatic nitrogens is 2. The molecule has 1 aliphatic heterocycles. The first-order chi connectivity index (χ1) is 17.7. The highest BCUT2D eigenvalue weighted by atomic mass is 16.3. The number of carbonyl (C=O) groups is 1. The van der Waals surface area contributed by atoms with E-state index in [9.17, 15) is 20.1 Å². The van der Waals surface area contributed by atoms with Crippen LogP contribution >= 0.6 is 0 Å². The van der Waals surface area contributed by atoms with Crippen molar-refractivity contribution in [2.75, 3.05) is 19.7 Å². The van der Waals surface area contributed by atoms with E-state index in [0.717, 1.165) is 29.5 Å². The standard InChI is InChI=1S/C30H33N3O4/c1-20(35)28-31-13-14-33(28)27(17-34)12-5-21-3-6-22(7-4-21)23-8-10-24(11-9-23)25-15-26(16-25)29(36)32-18-30(2,37)19-32/h3-4,6-11,13-14,20,25-27,34-35,37H,15-19H2,1-2H3/t20-,25?,26?,27-/m0/s1. The van der Waals surface area contributed by atoms with Crippen LogP contribution in [0.2, 0.25) is 0 Å². The second kappa shape index (κ2) is 10.1. The summed E-state index contributed by atoms with van der Waals surface area (Å²) in [5.41, 5.74) is 3.59. The summed E-state index contributed by atoms with van der Waals surface area (Å²) in [6.45, 7) is 4.12. The molecule has 2 atom stereocenters. The van der Waals surface area contributed by atoms with Gasteiger partial charge in [-0.2, -0.15) is 0 Å². The van der Waals surface area contributed by atoms with Crippen LogP contribution in [-0.2, 0) is 4.79 Å².